The third kappa shape index (κ3) is 16.4. The molecule has 8 aromatic carbocycles. The smallest absolute Gasteiger partial charge is 0.870 e. The van der Waals surface area contributed by atoms with E-state index in [4.69, 9.17) is 18.9 Å². The van der Waals surface area contributed by atoms with Gasteiger partial charge in [-0.15, -0.1) is 0 Å². The number of esters is 2. The van der Waals surface area contributed by atoms with Crippen LogP contribution in [0, 0.1) is 11.6 Å². The van der Waals surface area contributed by atoms with E-state index in [1.165, 1.54) is 107 Å². The van der Waals surface area contributed by atoms with E-state index in [2.05, 4.69) is 0 Å². The summed E-state index contributed by atoms with van der Waals surface area (Å²) in [4.78, 5) is 52.0. The molecule has 0 amide bonds. The molecule has 0 aliphatic carbocycles. The predicted octanol–water partition coefficient (Wildman–Crippen LogP) is 7.28. The van der Waals surface area contributed by atoms with Crippen LogP contribution in [-0.4, -0.2) is 110 Å². The average Bonchev–Trinajstić information content (AvgIpc) is 1.49. The van der Waals surface area contributed by atoms with Crippen molar-refractivity contribution in [2.24, 2.45) is 0 Å². The summed E-state index contributed by atoms with van der Waals surface area (Å²) >= 11 is 0. The summed E-state index contributed by atoms with van der Waals surface area (Å²) in [6.07, 6.45) is -0.109. The van der Waals surface area contributed by atoms with Gasteiger partial charge in [-0.1, -0.05) is 72.8 Å². The molecule has 0 aliphatic heterocycles. The zero-order chi connectivity index (χ0) is 60.9. The van der Waals surface area contributed by atoms with Crippen LogP contribution < -0.4 is 46.7 Å². The van der Waals surface area contributed by atoms with Crippen molar-refractivity contribution in [1.82, 2.24) is 0 Å². The molecule has 0 bridgehead atoms. The SMILES string of the molecule is COC(=O)C[C@H](C)N(Cc1ccc(F)cc1)c1ccc(N(CC(=O)OC)S(=O)(=O)c2ccc(OC)cc2)c2ccccc12.COc1ccc(S(=O)(=O)N(CC(=O)O)c2ccc(N(Cc3ccc(F)cc3)[C@@H](C)CC(=O)O)c3ccccc23)cc1.[Li+].[OH-]. The van der Waals surface area contributed by atoms with Crippen LogP contribution in [0.5, 0.6) is 11.5 Å². The summed E-state index contributed by atoms with van der Waals surface area (Å²) in [5.74, 6) is -3.32. The molecule has 86 heavy (non-hydrogen) atoms. The fourth-order valence-corrected chi connectivity index (χ4v) is 12.3. The van der Waals surface area contributed by atoms with E-state index in [0.29, 0.717) is 51.0 Å². The van der Waals surface area contributed by atoms with Crippen LogP contribution in [0.25, 0.3) is 21.5 Å². The molecule has 448 valence electrons. The van der Waals surface area contributed by atoms with Gasteiger partial charge in [0.25, 0.3) is 20.0 Å². The van der Waals surface area contributed by atoms with Crippen LogP contribution in [0.2, 0.25) is 0 Å². The number of aliphatic carboxylic acids is 2. The minimum Gasteiger partial charge on any atom is -0.870 e. The third-order valence-corrected chi connectivity index (χ3v) is 17.3. The molecule has 0 saturated carbocycles. The summed E-state index contributed by atoms with van der Waals surface area (Å²) in [5.41, 5.74) is 3.28. The number of hydrogen-bond donors (Lipinski definition) is 2. The van der Waals surface area contributed by atoms with Crippen LogP contribution in [0.1, 0.15) is 37.8 Å². The number of anilines is 4. The van der Waals surface area contributed by atoms with E-state index in [1.54, 1.807) is 85.8 Å². The first-order valence-corrected chi connectivity index (χ1v) is 28.9. The fraction of sp³-hybridized carbons (Fsp3) is 0.226. The number of carbonyl (C=O) groups is 4. The van der Waals surface area contributed by atoms with Gasteiger partial charge in [-0.25, -0.2) is 25.6 Å². The molecule has 3 N–H and O–H groups in total. The van der Waals surface area contributed by atoms with Crippen molar-refractivity contribution in [3.05, 3.63) is 193 Å². The van der Waals surface area contributed by atoms with E-state index >= 15 is 0 Å². The summed E-state index contributed by atoms with van der Waals surface area (Å²) in [7, 11) is -3.10. The molecule has 0 heterocycles. The van der Waals surface area contributed by atoms with Crippen LogP contribution in [0.15, 0.2) is 180 Å². The van der Waals surface area contributed by atoms with Crippen LogP contribution in [0.4, 0.5) is 31.5 Å². The average molecular weight is 1210 g/mol. The number of ether oxygens (including phenoxy) is 4. The van der Waals surface area contributed by atoms with E-state index in [9.17, 15) is 55.0 Å². The number of carboxylic acid groups (broad SMARTS) is 2. The van der Waals surface area contributed by atoms with Crippen LogP contribution in [-0.2, 0) is 61.8 Å². The Bertz CT molecular complexity index is 3870. The molecule has 2 atom stereocenters. The van der Waals surface area contributed by atoms with Crippen molar-refractivity contribution >= 4 is 88.2 Å². The van der Waals surface area contributed by atoms with Crippen molar-refractivity contribution in [2.45, 2.75) is 61.7 Å². The Kier molecular flexibility index (Phi) is 24.0. The molecule has 8 aromatic rings. The summed E-state index contributed by atoms with van der Waals surface area (Å²) < 4.78 is 105. The molecule has 0 spiro atoms. The largest absolute Gasteiger partial charge is 1.00 e. The van der Waals surface area contributed by atoms with E-state index in [0.717, 1.165) is 19.7 Å². The first-order chi connectivity index (χ1) is 40.1. The maximum Gasteiger partial charge on any atom is 1.00 e. The normalized spacial score (nSPS) is 11.7. The minimum absolute atomic E-state index is 0. The first-order valence-electron chi connectivity index (χ1n) is 26.1. The molecule has 24 heteroatoms. The van der Waals surface area contributed by atoms with Crippen molar-refractivity contribution in [3.8, 4) is 11.5 Å². The molecule has 0 fully saturated rings. The summed E-state index contributed by atoms with van der Waals surface area (Å²) in [6.45, 7) is 2.82. The van der Waals surface area contributed by atoms with Crippen molar-refractivity contribution in [2.75, 3.05) is 59.9 Å². The summed E-state index contributed by atoms with van der Waals surface area (Å²) in [6, 6.07) is 43.3. The molecule has 8 rings (SSSR count). The number of benzene rings is 8. The third-order valence-electron chi connectivity index (χ3n) is 13.7. The second kappa shape index (κ2) is 30.4. The fourth-order valence-electron chi connectivity index (χ4n) is 9.45. The number of nitrogens with zero attached hydrogens (tertiary/aromatic N) is 4. The molecule has 0 saturated heterocycles. The monoisotopic (exact) mass is 1210 g/mol. The standard InChI is InChI=1S/C32H33FN2O7S.C30H29FN2O7S.Li.H2O/c1-22(19-31(36)41-3)34(20-23-9-11-24(33)12-10-23)29-17-18-30(28-8-6-5-7-27(28)29)35(21-32(37)42-4)43(38,39)26-15-13-25(40-2)14-16-26;1-20(17-29(34)35)32(18-21-7-9-22(31)10-8-21)27-15-16-28(26-6-4-3-5-25(26)27)33(19-30(36)37)41(38,39)24-13-11-23(40-2)12-14-24;;/h5-18,22H,19-21H2,1-4H3;3-16,20H,17-19H2,1-2H3,(H,34,35)(H,36,37);;1H2/q;;+1;/p-1/t22-;20-;;/m00../s1. The number of carbonyl (C=O) groups excluding carboxylic acids is 2. The topological polar surface area (TPSA) is 257 Å². The zero-order valence-electron chi connectivity index (χ0n) is 48.2. The van der Waals surface area contributed by atoms with Crippen LogP contribution >= 0.6 is 0 Å². The second-order valence-corrected chi connectivity index (χ2v) is 23.0. The number of sulfonamides is 2. The molecular formula is C62H63F2LiN4O15S2. The molecule has 0 aromatic heterocycles. The number of halogens is 2. The number of methoxy groups -OCH3 is 4. The number of fused-ring (bicyclic) bond motifs is 2. The predicted molar refractivity (Wildman–Crippen MR) is 318 cm³/mol. The van der Waals surface area contributed by atoms with Gasteiger partial charge < -0.3 is 44.4 Å². The van der Waals surface area contributed by atoms with Gasteiger partial charge in [0.05, 0.1) is 62.4 Å². The Labute approximate surface area is 509 Å². The quantitative estimate of drug-likeness (QED) is 0.0445. The number of carboxylic acids is 2. The molecule has 0 radical (unpaired) electrons. The Morgan fingerprint density at radius 1 is 0.453 bits per heavy atom. The van der Waals surface area contributed by atoms with Gasteiger partial charge >= 0.3 is 42.7 Å². The number of hydrogen-bond acceptors (Lipinski definition) is 15. The van der Waals surface area contributed by atoms with Gasteiger partial charge in [-0.2, -0.15) is 0 Å². The second-order valence-electron chi connectivity index (χ2n) is 19.2. The Hall–Kier alpha value is -8.72. The van der Waals surface area contributed by atoms with Gasteiger partial charge in [-0.3, -0.25) is 27.8 Å². The molecule has 19 nitrogen and oxygen atoms in total. The van der Waals surface area contributed by atoms with E-state index < -0.39 is 68.9 Å². The van der Waals surface area contributed by atoms with Gasteiger partial charge in [0.1, 0.15) is 36.2 Å². The van der Waals surface area contributed by atoms with E-state index in [-0.39, 0.29) is 76.7 Å². The maximum absolute atomic E-state index is 14.0. The Balaban J connectivity index is 0.000000307. The van der Waals surface area contributed by atoms with Gasteiger partial charge in [-0.05, 0) is 122 Å². The first kappa shape index (κ1) is 68.1. The molecule has 0 unspecified atom stereocenters. The van der Waals surface area contributed by atoms with Gasteiger partial charge in [0, 0.05) is 58.1 Å². The van der Waals surface area contributed by atoms with E-state index in [1.807, 2.05) is 28.9 Å². The Morgan fingerprint density at radius 2 is 0.791 bits per heavy atom. The number of rotatable bonds is 24. The Morgan fingerprint density at radius 3 is 1.13 bits per heavy atom. The van der Waals surface area contributed by atoms with Crippen molar-refractivity contribution < 1.29 is 98.3 Å². The van der Waals surface area contributed by atoms with Gasteiger partial charge in [0.2, 0.25) is 0 Å². The van der Waals surface area contributed by atoms with Gasteiger partial charge in [0.15, 0.2) is 0 Å². The zero-order valence-corrected chi connectivity index (χ0v) is 49.8. The van der Waals surface area contributed by atoms with Crippen molar-refractivity contribution in [1.29, 1.82) is 0 Å². The van der Waals surface area contributed by atoms with Crippen molar-refractivity contribution in [3.63, 3.8) is 0 Å². The van der Waals surface area contributed by atoms with Crippen LogP contribution in [0.3, 0.4) is 0 Å². The summed E-state index contributed by atoms with van der Waals surface area (Å²) in [5, 5.41) is 21.5. The minimum atomic E-state index is -4.31. The molecule has 0 aliphatic rings. The maximum atomic E-state index is 14.0. The molecular weight excluding hydrogens is 1150 g/mol.